The van der Waals surface area contributed by atoms with Crippen molar-refractivity contribution >= 4 is 34.7 Å². The molecule has 5 saturated heterocycles. The quantitative estimate of drug-likeness (QED) is 0.248. The average molecular weight is 952 g/mol. The molecular formula is C52H77N3O13. The minimum atomic E-state index is -1.36. The molecule has 6 heterocycles. The number of ether oxygens (including phenoxy) is 8. The number of Topliss-reactive ketones (excluding diaryl/α,β-unsaturated/α-hetero) is 1. The SMILES string of the molecule is CC[C@H]1OC(=O)[C@H](C)C(O[C@H]2C[C@@](C)(OC)[C@@H](O)[C@H](C)O2)[C@@H](C)[C@@H](O[C@@H]2O[C@H](C)C[C@H](N(C)C)[C@H]2O)[C@@](C)(OC/C=C/c2cnc3ccccc3c2)C[C@@H](C)C(=O)[C@]2(C)CN[C@H]3C(=O)O[C@@]1(C)[C@H]32. The Morgan fingerprint density at radius 3 is 2.37 bits per heavy atom. The summed E-state index contributed by atoms with van der Waals surface area (Å²) in [6.45, 7) is 18.6. The second-order valence-electron chi connectivity index (χ2n) is 21.5. The van der Waals surface area contributed by atoms with Crippen molar-refractivity contribution in [1.29, 1.82) is 0 Å². The molecule has 0 radical (unpaired) electrons. The number of aromatic nitrogens is 1. The van der Waals surface area contributed by atoms with Crippen LogP contribution < -0.4 is 5.32 Å². The fraction of sp³-hybridized carbons (Fsp3) is 0.731. The van der Waals surface area contributed by atoms with E-state index in [1.165, 1.54) is 7.11 Å². The summed E-state index contributed by atoms with van der Waals surface area (Å²) in [6, 6.07) is 8.80. The average Bonchev–Trinajstić information content (AvgIpc) is 3.81. The van der Waals surface area contributed by atoms with Crippen molar-refractivity contribution in [3.8, 4) is 0 Å². The fourth-order valence-electron chi connectivity index (χ4n) is 12.3. The zero-order chi connectivity index (χ0) is 49.7. The topological polar surface area (TPSA) is 194 Å². The van der Waals surface area contributed by atoms with Crippen LogP contribution in [0.25, 0.3) is 17.0 Å². The number of para-hydroxylation sites is 1. The van der Waals surface area contributed by atoms with Crippen LogP contribution in [0.5, 0.6) is 0 Å². The smallest absolute Gasteiger partial charge is 0.324 e. The van der Waals surface area contributed by atoms with Crippen molar-refractivity contribution in [2.75, 3.05) is 34.4 Å². The molecule has 0 amide bonds. The summed E-state index contributed by atoms with van der Waals surface area (Å²) in [4.78, 5) is 50.6. The molecular weight excluding hydrogens is 875 g/mol. The number of carbonyl (C=O) groups excluding carboxylic acids is 3. The van der Waals surface area contributed by atoms with E-state index in [0.29, 0.717) is 12.8 Å². The predicted octanol–water partition coefficient (Wildman–Crippen LogP) is 5.23. The molecule has 0 spiro atoms. The Labute approximate surface area is 402 Å². The minimum absolute atomic E-state index is 0.0696. The Balaban J connectivity index is 1.36. The summed E-state index contributed by atoms with van der Waals surface area (Å²) < 4.78 is 52.6. The van der Waals surface area contributed by atoms with Crippen LogP contribution in [0.15, 0.2) is 42.6 Å². The standard InChI is InChI=1S/C52H77N3O13/c1-14-37-52(10)42-39(47(60)68-52)54-27-49(42,7)43(57)28(2)24-51(9,62-21-17-18-33-23-34-19-15-16-20-35(34)53-26-33)45(67-48-40(56)36(55(11)12)22-29(3)63-48)30(4)41(31(5)46(59)65-37)66-38-25-50(8,61-13)44(58)32(6)64-38/h15-20,23,26,28-32,36-42,44-45,48,54,56,58H,14,21-22,24-25,27H2,1-13H3/b18-17+/t28-,29-,30-,31-,32+,36+,37-,38+,39-,40-,41?,42-,44+,45-,48+,49-,50-,51+,52-/m1/s1. The number of carbonyl (C=O) groups is 3. The van der Waals surface area contributed by atoms with Gasteiger partial charge in [0.25, 0.3) is 0 Å². The molecule has 5 aliphatic heterocycles. The Bertz CT molecular complexity index is 2160. The summed E-state index contributed by atoms with van der Waals surface area (Å²) in [6.07, 6.45) is -1.50. The fourth-order valence-corrected chi connectivity index (χ4v) is 12.3. The van der Waals surface area contributed by atoms with E-state index in [-0.39, 0.29) is 43.9 Å². The molecule has 16 nitrogen and oxygen atoms in total. The minimum Gasteiger partial charge on any atom is -0.458 e. The van der Waals surface area contributed by atoms with E-state index >= 15 is 4.79 Å². The first-order chi connectivity index (χ1) is 32.0. The Kier molecular flexibility index (Phi) is 15.7. The Morgan fingerprint density at radius 1 is 0.956 bits per heavy atom. The highest BCUT2D eigenvalue weighted by atomic mass is 16.7. The Hall–Kier alpha value is -3.42. The van der Waals surface area contributed by atoms with E-state index < -0.39 is 113 Å². The van der Waals surface area contributed by atoms with E-state index in [1.807, 2.05) is 103 Å². The summed E-state index contributed by atoms with van der Waals surface area (Å²) in [5, 5.41) is 27.5. The van der Waals surface area contributed by atoms with Gasteiger partial charge in [-0.2, -0.15) is 0 Å². The number of likely N-dealkylation sites (N-methyl/N-ethyl adjacent to an activating group) is 1. The maximum absolute atomic E-state index is 15.4. The highest BCUT2D eigenvalue weighted by Crippen LogP contribution is 2.53. The van der Waals surface area contributed by atoms with Crippen molar-refractivity contribution in [3.05, 3.63) is 48.2 Å². The largest absolute Gasteiger partial charge is 0.458 e. The lowest BCUT2D eigenvalue weighted by Gasteiger charge is -2.50. The molecule has 16 heteroatoms. The first-order valence-electron chi connectivity index (χ1n) is 24.6. The normalized spacial score (nSPS) is 43.9. The molecule has 3 N–H and O–H groups in total. The highest BCUT2D eigenvalue weighted by molar-refractivity contribution is 5.91. The first-order valence-corrected chi connectivity index (χ1v) is 24.6. The van der Waals surface area contributed by atoms with Crippen LogP contribution in [-0.4, -0.2) is 156 Å². The van der Waals surface area contributed by atoms with Gasteiger partial charge in [0.2, 0.25) is 0 Å². The summed E-state index contributed by atoms with van der Waals surface area (Å²) in [7, 11) is 5.33. The van der Waals surface area contributed by atoms with Crippen LogP contribution in [0.1, 0.15) is 100 Å². The predicted molar refractivity (Wildman–Crippen MR) is 253 cm³/mol. The molecule has 1 aromatic carbocycles. The van der Waals surface area contributed by atoms with Gasteiger partial charge in [-0.25, -0.2) is 0 Å². The highest BCUT2D eigenvalue weighted by Gasteiger charge is 2.69. The number of nitrogens with zero attached hydrogens (tertiary/aromatic N) is 2. The van der Waals surface area contributed by atoms with Crippen molar-refractivity contribution in [2.24, 2.45) is 29.1 Å². The number of pyridine rings is 1. The number of ketones is 1. The number of cyclic esters (lactones) is 1. The maximum atomic E-state index is 15.4. The van der Waals surface area contributed by atoms with Crippen LogP contribution in [0.2, 0.25) is 0 Å². The van der Waals surface area contributed by atoms with Gasteiger partial charge < -0.3 is 58.3 Å². The van der Waals surface area contributed by atoms with E-state index in [0.717, 1.165) is 16.5 Å². The molecule has 1 aromatic heterocycles. The molecule has 2 aromatic rings. The molecule has 0 bridgehead atoms. The van der Waals surface area contributed by atoms with Gasteiger partial charge in [-0.05, 0) is 92.6 Å². The van der Waals surface area contributed by atoms with Crippen LogP contribution >= 0.6 is 0 Å². The molecule has 68 heavy (non-hydrogen) atoms. The van der Waals surface area contributed by atoms with Gasteiger partial charge in [-0.1, -0.05) is 58.0 Å². The van der Waals surface area contributed by atoms with E-state index in [2.05, 4.69) is 10.3 Å². The molecule has 1 unspecified atom stereocenters. The molecule has 5 aliphatic rings. The summed E-state index contributed by atoms with van der Waals surface area (Å²) in [5.74, 6) is -4.38. The van der Waals surface area contributed by atoms with Gasteiger partial charge in [-0.3, -0.25) is 19.4 Å². The second kappa shape index (κ2) is 20.4. The van der Waals surface area contributed by atoms with Crippen molar-refractivity contribution < 1.29 is 62.5 Å². The van der Waals surface area contributed by atoms with Gasteiger partial charge in [0.05, 0.1) is 53.7 Å². The molecule has 378 valence electrons. The number of aliphatic hydroxyl groups is 2. The summed E-state index contributed by atoms with van der Waals surface area (Å²) >= 11 is 0. The third-order valence-corrected chi connectivity index (χ3v) is 16.1. The van der Waals surface area contributed by atoms with Gasteiger partial charge >= 0.3 is 11.9 Å². The van der Waals surface area contributed by atoms with Gasteiger partial charge in [0.1, 0.15) is 30.1 Å². The zero-order valence-corrected chi connectivity index (χ0v) is 42.3. The number of aliphatic hydroxyl groups excluding tert-OH is 2. The maximum Gasteiger partial charge on any atom is 0.324 e. The number of hydrogen-bond donors (Lipinski definition) is 3. The first kappa shape index (κ1) is 52.4. The second-order valence-corrected chi connectivity index (χ2v) is 21.5. The molecule has 5 fully saturated rings. The molecule has 19 atom stereocenters. The monoisotopic (exact) mass is 952 g/mol. The molecule has 0 saturated carbocycles. The van der Waals surface area contributed by atoms with E-state index in [4.69, 9.17) is 37.9 Å². The Morgan fingerprint density at radius 2 is 1.68 bits per heavy atom. The van der Waals surface area contributed by atoms with Crippen LogP contribution in [0.3, 0.4) is 0 Å². The van der Waals surface area contributed by atoms with Crippen molar-refractivity contribution in [1.82, 2.24) is 15.2 Å². The van der Waals surface area contributed by atoms with Crippen molar-refractivity contribution in [2.45, 2.75) is 179 Å². The third kappa shape index (κ3) is 9.93. The zero-order valence-electron chi connectivity index (χ0n) is 42.3. The van der Waals surface area contributed by atoms with Gasteiger partial charge in [0, 0.05) is 60.9 Å². The number of benzene rings is 1. The van der Waals surface area contributed by atoms with E-state index in [1.54, 1.807) is 33.9 Å². The lowest BCUT2D eigenvalue weighted by Crippen LogP contribution is -2.61. The number of rotatable bonds is 11. The van der Waals surface area contributed by atoms with E-state index in [9.17, 15) is 19.8 Å². The van der Waals surface area contributed by atoms with Crippen LogP contribution in [0.4, 0.5) is 0 Å². The molecule has 7 rings (SSSR count). The number of esters is 2. The molecule has 0 aliphatic carbocycles. The number of nitrogens with one attached hydrogen (secondary N) is 1. The van der Waals surface area contributed by atoms with Crippen LogP contribution in [0, 0.1) is 29.1 Å². The van der Waals surface area contributed by atoms with Gasteiger partial charge in [-0.15, -0.1) is 0 Å². The summed E-state index contributed by atoms with van der Waals surface area (Å²) in [5.41, 5.74) is -3.15. The number of hydrogen-bond acceptors (Lipinski definition) is 16. The van der Waals surface area contributed by atoms with Crippen molar-refractivity contribution in [3.63, 3.8) is 0 Å². The lowest BCUT2D eigenvalue weighted by atomic mass is 9.62. The third-order valence-electron chi connectivity index (χ3n) is 16.1. The van der Waals surface area contributed by atoms with Gasteiger partial charge in [0.15, 0.2) is 18.2 Å². The lowest BCUT2D eigenvalue weighted by molar-refractivity contribution is -0.320. The van der Waals surface area contributed by atoms with Crippen LogP contribution in [-0.2, 0) is 52.3 Å². The number of methoxy groups -OCH3 is 1. The number of fused-ring (bicyclic) bond motifs is 1.